The van der Waals surface area contributed by atoms with E-state index in [0.29, 0.717) is 11.0 Å². The van der Waals surface area contributed by atoms with Crippen LogP contribution in [0, 0.1) is 5.92 Å². The lowest BCUT2D eigenvalue weighted by molar-refractivity contribution is -0.120. The number of hydrogen-bond acceptors (Lipinski definition) is 3. The van der Waals surface area contributed by atoms with Crippen LogP contribution in [-0.2, 0) is 4.79 Å². The Balaban J connectivity index is 2.59. The van der Waals surface area contributed by atoms with Crippen LogP contribution in [0.1, 0.15) is 39.5 Å². The third-order valence-corrected chi connectivity index (χ3v) is 2.73. The number of carbonyl (C=O) groups is 1. The Kier molecular flexibility index (Phi) is 5.91. The second-order valence-electron chi connectivity index (χ2n) is 4.00. The fourth-order valence-electron chi connectivity index (χ4n) is 1.71. The third kappa shape index (κ3) is 4.69. The Morgan fingerprint density at radius 3 is 2.41 bits per heavy atom. The molecule has 0 fully saturated rings. The molecule has 0 aliphatic heterocycles. The van der Waals surface area contributed by atoms with Gasteiger partial charge >= 0.3 is 0 Å². The van der Waals surface area contributed by atoms with Crippen molar-refractivity contribution < 1.29 is 4.79 Å². The molecule has 17 heavy (non-hydrogen) atoms. The van der Waals surface area contributed by atoms with Gasteiger partial charge in [0.15, 0.2) is 11.0 Å². The van der Waals surface area contributed by atoms with E-state index >= 15 is 0 Å². The summed E-state index contributed by atoms with van der Waals surface area (Å²) in [6.07, 6.45) is 3.82. The Labute approximate surface area is 107 Å². The standard InChI is InChI=1S/C12H18ClN3O/c1-3-5-9(6-4-2)12(17)14-11-8-7-10(13)15-16-11/h7-9H,3-6H2,1-2H3,(H,14,16,17). The van der Waals surface area contributed by atoms with Crippen molar-refractivity contribution in [3.8, 4) is 0 Å². The van der Waals surface area contributed by atoms with Crippen molar-refractivity contribution in [1.29, 1.82) is 0 Å². The summed E-state index contributed by atoms with van der Waals surface area (Å²) in [6.45, 7) is 4.16. The highest BCUT2D eigenvalue weighted by Crippen LogP contribution is 2.16. The predicted octanol–water partition coefficient (Wildman–Crippen LogP) is 3.28. The highest BCUT2D eigenvalue weighted by atomic mass is 35.5. The first-order valence-electron chi connectivity index (χ1n) is 5.97. The maximum atomic E-state index is 12.0. The van der Waals surface area contributed by atoms with Crippen LogP contribution >= 0.6 is 11.6 Å². The van der Waals surface area contributed by atoms with Gasteiger partial charge in [-0.25, -0.2) is 0 Å². The zero-order chi connectivity index (χ0) is 12.7. The molecule has 0 aromatic carbocycles. The Bertz CT molecular complexity index is 347. The number of hydrogen-bond donors (Lipinski definition) is 1. The number of amides is 1. The maximum absolute atomic E-state index is 12.0. The van der Waals surface area contributed by atoms with Crippen molar-refractivity contribution in [2.75, 3.05) is 5.32 Å². The minimum Gasteiger partial charge on any atom is -0.309 e. The number of halogens is 1. The molecular formula is C12H18ClN3O. The first-order chi connectivity index (χ1) is 8.17. The fraction of sp³-hybridized carbons (Fsp3) is 0.583. The molecule has 1 aromatic rings. The monoisotopic (exact) mass is 255 g/mol. The van der Waals surface area contributed by atoms with Gasteiger partial charge in [-0.3, -0.25) is 4.79 Å². The van der Waals surface area contributed by atoms with Crippen molar-refractivity contribution in [3.05, 3.63) is 17.3 Å². The van der Waals surface area contributed by atoms with Gasteiger partial charge < -0.3 is 5.32 Å². The first kappa shape index (κ1) is 13.9. The van der Waals surface area contributed by atoms with Gasteiger partial charge in [0.05, 0.1) is 0 Å². The quantitative estimate of drug-likeness (QED) is 0.849. The van der Waals surface area contributed by atoms with Crippen LogP contribution in [0.15, 0.2) is 12.1 Å². The zero-order valence-electron chi connectivity index (χ0n) is 10.2. The summed E-state index contributed by atoms with van der Waals surface area (Å²) < 4.78 is 0. The summed E-state index contributed by atoms with van der Waals surface area (Å²) in [7, 11) is 0. The van der Waals surface area contributed by atoms with Crippen LogP contribution in [0.2, 0.25) is 5.15 Å². The SMILES string of the molecule is CCCC(CCC)C(=O)Nc1ccc(Cl)nn1. The molecule has 4 nitrogen and oxygen atoms in total. The summed E-state index contributed by atoms with van der Waals surface area (Å²) in [5.41, 5.74) is 0. The average Bonchev–Trinajstić information content (AvgIpc) is 2.32. The highest BCUT2D eigenvalue weighted by molar-refractivity contribution is 6.29. The Morgan fingerprint density at radius 1 is 1.29 bits per heavy atom. The van der Waals surface area contributed by atoms with E-state index in [-0.39, 0.29) is 11.8 Å². The molecule has 1 rings (SSSR count). The molecule has 0 aliphatic carbocycles. The summed E-state index contributed by atoms with van der Waals surface area (Å²) in [5, 5.41) is 10.6. The molecule has 1 aromatic heterocycles. The van der Waals surface area contributed by atoms with E-state index in [1.54, 1.807) is 12.1 Å². The highest BCUT2D eigenvalue weighted by Gasteiger charge is 2.16. The molecule has 0 radical (unpaired) electrons. The van der Waals surface area contributed by atoms with Crippen LogP contribution in [0.4, 0.5) is 5.82 Å². The van der Waals surface area contributed by atoms with E-state index in [0.717, 1.165) is 25.7 Å². The normalized spacial score (nSPS) is 10.6. The molecule has 0 saturated heterocycles. The van der Waals surface area contributed by atoms with E-state index in [1.165, 1.54) is 0 Å². The molecule has 1 N–H and O–H groups in total. The van der Waals surface area contributed by atoms with Gasteiger partial charge in [0.1, 0.15) is 0 Å². The van der Waals surface area contributed by atoms with Gasteiger partial charge in [-0.1, -0.05) is 38.3 Å². The topological polar surface area (TPSA) is 54.9 Å². The summed E-state index contributed by atoms with van der Waals surface area (Å²) >= 11 is 5.62. The first-order valence-corrected chi connectivity index (χ1v) is 6.35. The van der Waals surface area contributed by atoms with Gasteiger partial charge in [-0.15, -0.1) is 10.2 Å². The van der Waals surface area contributed by atoms with Crippen LogP contribution < -0.4 is 5.32 Å². The van der Waals surface area contributed by atoms with E-state index in [9.17, 15) is 4.79 Å². The number of rotatable bonds is 6. The van der Waals surface area contributed by atoms with Gasteiger partial charge in [0.2, 0.25) is 5.91 Å². The van der Waals surface area contributed by atoms with Gasteiger partial charge in [-0.2, -0.15) is 0 Å². The van der Waals surface area contributed by atoms with E-state index in [1.807, 2.05) is 0 Å². The lowest BCUT2D eigenvalue weighted by atomic mass is 9.97. The molecule has 1 amide bonds. The molecular weight excluding hydrogens is 238 g/mol. The lowest BCUT2D eigenvalue weighted by Crippen LogP contribution is -2.23. The number of aromatic nitrogens is 2. The van der Waals surface area contributed by atoms with E-state index in [2.05, 4.69) is 29.4 Å². The van der Waals surface area contributed by atoms with Crippen molar-refractivity contribution in [2.45, 2.75) is 39.5 Å². The lowest BCUT2D eigenvalue weighted by Gasteiger charge is -2.14. The van der Waals surface area contributed by atoms with Crippen LogP contribution in [0.3, 0.4) is 0 Å². The molecule has 0 spiro atoms. The number of nitrogens with zero attached hydrogens (tertiary/aromatic N) is 2. The zero-order valence-corrected chi connectivity index (χ0v) is 11.0. The number of nitrogens with one attached hydrogen (secondary N) is 1. The van der Waals surface area contributed by atoms with Crippen molar-refractivity contribution in [1.82, 2.24) is 10.2 Å². The molecule has 94 valence electrons. The smallest absolute Gasteiger partial charge is 0.228 e. The van der Waals surface area contributed by atoms with Crippen LogP contribution in [-0.4, -0.2) is 16.1 Å². The molecule has 0 aliphatic rings. The minimum absolute atomic E-state index is 0.0188. The maximum Gasteiger partial charge on any atom is 0.228 e. The molecule has 5 heteroatoms. The van der Waals surface area contributed by atoms with Gasteiger partial charge in [-0.05, 0) is 25.0 Å². The predicted molar refractivity (Wildman–Crippen MR) is 69.0 cm³/mol. The fourth-order valence-corrected chi connectivity index (χ4v) is 1.82. The minimum atomic E-state index is 0.0188. The van der Waals surface area contributed by atoms with Gasteiger partial charge in [0.25, 0.3) is 0 Å². The van der Waals surface area contributed by atoms with Crippen molar-refractivity contribution in [2.24, 2.45) is 5.92 Å². The van der Waals surface area contributed by atoms with Crippen LogP contribution in [0.5, 0.6) is 0 Å². The van der Waals surface area contributed by atoms with E-state index in [4.69, 9.17) is 11.6 Å². The summed E-state index contributed by atoms with van der Waals surface area (Å²) in [6, 6.07) is 3.26. The average molecular weight is 256 g/mol. The van der Waals surface area contributed by atoms with Crippen molar-refractivity contribution in [3.63, 3.8) is 0 Å². The molecule has 0 saturated carbocycles. The summed E-state index contributed by atoms with van der Waals surface area (Å²) in [5.74, 6) is 0.532. The Morgan fingerprint density at radius 2 is 1.94 bits per heavy atom. The largest absolute Gasteiger partial charge is 0.309 e. The Hall–Kier alpha value is -1.16. The van der Waals surface area contributed by atoms with Crippen molar-refractivity contribution >= 4 is 23.3 Å². The molecule has 0 bridgehead atoms. The molecule has 0 unspecified atom stereocenters. The second-order valence-corrected chi connectivity index (χ2v) is 4.39. The number of anilines is 1. The van der Waals surface area contributed by atoms with E-state index < -0.39 is 0 Å². The molecule has 1 heterocycles. The van der Waals surface area contributed by atoms with Crippen LogP contribution in [0.25, 0.3) is 0 Å². The third-order valence-electron chi connectivity index (χ3n) is 2.53. The summed E-state index contributed by atoms with van der Waals surface area (Å²) in [4.78, 5) is 12.0. The number of carbonyl (C=O) groups excluding carboxylic acids is 1. The second kappa shape index (κ2) is 7.22. The van der Waals surface area contributed by atoms with Gasteiger partial charge in [0, 0.05) is 5.92 Å². The molecule has 0 atom stereocenters.